The van der Waals surface area contributed by atoms with Crippen molar-refractivity contribution in [1.82, 2.24) is 63.8 Å². The van der Waals surface area contributed by atoms with E-state index in [1.54, 1.807) is 72.3 Å². The van der Waals surface area contributed by atoms with Crippen molar-refractivity contribution in [2.24, 2.45) is 37.8 Å². The van der Waals surface area contributed by atoms with Gasteiger partial charge >= 0.3 is 13.2 Å². The fourth-order valence-corrected chi connectivity index (χ4v) is 9.24. The van der Waals surface area contributed by atoms with Gasteiger partial charge in [-0.25, -0.2) is 19.9 Å². The monoisotopic (exact) mass is 1030 g/mol. The van der Waals surface area contributed by atoms with Crippen molar-refractivity contribution in [3.05, 3.63) is 122 Å². The van der Waals surface area contributed by atoms with Crippen molar-refractivity contribution in [3.63, 3.8) is 0 Å². The lowest BCUT2D eigenvalue weighted by molar-refractivity contribution is -0.0505. The molecule has 0 amide bonds. The summed E-state index contributed by atoms with van der Waals surface area (Å²) in [5.41, 5.74) is 2.31. The molecule has 2 aliphatic carbocycles. The Kier molecular flexibility index (Phi) is 13.0. The summed E-state index contributed by atoms with van der Waals surface area (Å²) in [5, 5.41) is 11.6. The normalized spacial score (nSPS) is 20.9. The number of aryl methyl sites for hydroxylation is 2. The largest absolute Gasteiger partial charge is 0.435 e. The van der Waals surface area contributed by atoms with Gasteiger partial charge in [-0.1, -0.05) is 26.2 Å². The number of rotatable bonds is 11. The van der Waals surface area contributed by atoms with Crippen LogP contribution in [0.4, 0.5) is 23.2 Å². The van der Waals surface area contributed by atoms with Crippen molar-refractivity contribution in [2.75, 3.05) is 31.1 Å². The van der Waals surface area contributed by atoms with Crippen LogP contribution in [0.5, 0.6) is 11.5 Å². The van der Waals surface area contributed by atoms with Crippen molar-refractivity contribution < 1.29 is 36.1 Å². The quantitative estimate of drug-likeness (QED) is 0.169. The van der Waals surface area contributed by atoms with Crippen LogP contribution in [-0.4, -0.2) is 97.9 Å². The molecule has 1 N–H and O–H groups in total. The van der Waals surface area contributed by atoms with Crippen molar-refractivity contribution in [2.45, 2.75) is 38.1 Å². The first-order chi connectivity index (χ1) is 32.4. The van der Waals surface area contributed by atoms with Gasteiger partial charge in [0, 0.05) is 49.2 Å². The van der Waals surface area contributed by atoms with Crippen LogP contribution >= 0.6 is 28.3 Å². The number of benzene rings is 2. The minimum Gasteiger partial charge on any atom is -0.435 e. The van der Waals surface area contributed by atoms with Crippen LogP contribution in [0.1, 0.15) is 35.3 Å². The Hall–Kier alpha value is -6.73. The molecule has 2 aliphatic heterocycles. The number of nitrogens with one attached hydrogen (secondary N) is 1. The predicted molar refractivity (Wildman–Crippen MR) is 238 cm³/mol. The van der Waals surface area contributed by atoms with Crippen molar-refractivity contribution >= 4 is 56.4 Å². The van der Waals surface area contributed by atoms with Gasteiger partial charge in [-0.05, 0) is 85.3 Å². The number of alkyl halides is 4. The maximum Gasteiger partial charge on any atom is 0.387 e. The lowest BCUT2D eigenvalue weighted by Crippen LogP contribution is -2.23. The summed E-state index contributed by atoms with van der Waals surface area (Å²) in [4.78, 5) is 53.0. The van der Waals surface area contributed by atoms with E-state index in [1.807, 2.05) is 0 Å². The fourth-order valence-electron chi connectivity index (χ4n) is 8.97. The summed E-state index contributed by atoms with van der Waals surface area (Å²) in [7, 11) is 3.52. The van der Waals surface area contributed by atoms with Gasteiger partial charge in [0.15, 0.2) is 34.0 Å². The minimum atomic E-state index is -2.83. The van der Waals surface area contributed by atoms with E-state index in [1.165, 1.54) is 33.9 Å². The number of piperidine rings is 2. The summed E-state index contributed by atoms with van der Waals surface area (Å²) < 4.78 is 74.1. The first kappa shape index (κ1) is 46.4. The van der Waals surface area contributed by atoms with Crippen molar-refractivity contribution in [1.29, 1.82) is 0 Å². The van der Waals surface area contributed by atoms with Crippen LogP contribution in [0.15, 0.2) is 96.9 Å². The maximum atomic E-state index is 12.7. The van der Waals surface area contributed by atoms with Gasteiger partial charge in [-0.2, -0.15) is 27.5 Å². The van der Waals surface area contributed by atoms with E-state index in [0.717, 1.165) is 42.2 Å². The van der Waals surface area contributed by atoms with E-state index in [0.29, 0.717) is 69.5 Å². The third kappa shape index (κ3) is 9.54. The van der Waals surface area contributed by atoms with Gasteiger partial charge in [0.1, 0.15) is 37.2 Å². The lowest BCUT2D eigenvalue weighted by atomic mass is 10.2. The summed E-state index contributed by atoms with van der Waals surface area (Å²) in [6.07, 6.45) is 6.03. The molecule has 356 valence electrons. The molecule has 4 aliphatic rings. The smallest absolute Gasteiger partial charge is 0.387 e. The summed E-state index contributed by atoms with van der Waals surface area (Å²) in [5.74, 6) is 5.22. The van der Waals surface area contributed by atoms with Crippen molar-refractivity contribution in [3.8, 4) is 11.5 Å². The number of halogens is 6. The number of anilines is 1. The zero-order valence-electron chi connectivity index (χ0n) is 35.9. The molecule has 20 nitrogen and oxygen atoms in total. The molecule has 2 saturated heterocycles. The van der Waals surface area contributed by atoms with E-state index in [2.05, 4.69) is 75.8 Å². The number of hydrogen-bond donors (Lipinski definition) is 1. The van der Waals surface area contributed by atoms with Gasteiger partial charge in [-0.15, -0.1) is 12.4 Å². The van der Waals surface area contributed by atoms with E-state index in [4.69, 9.17) is 9.05 Å². The predicted octanol–water partition coefficient (Wildman–Crippen LogP) is 4.98. The van der Waals surface area contributed by atoms with Gasteiger partial charge in [0.2, 0.25) is 11.8 Å². The van der Waals surface area contributed by atoms with Gasteiger partial charge < -0.3 is 37.9 Å². The topological polar surface area (TPSA) is 217 Å². The van der Waals surface area contributed by atoms with E-state index in [9.17, 15) is 27.2 Å². The number of ether oxygens (including phenoxy) is 2. The molecule has 26 heteroatoms. The Morgan fingerprint density at radius 2 is 1.09 bits per heavy atom. The first-order valence-electron chi connectivity index (χ1n) is 21.0. The third-order valence-corrected chi connectivity index (χ3v) is 12.9. The second-order valence-electron chi connectivity index (χ2n) is 16.5. The Labute approximate surface area is 395 Å². The molecule has 6 aromatic heterocycles. The van der Waals surface area contributed by atoms with Gasteiger partial charge in [0.05, 0.1) is 12.7 Å². The van der Waals surface area contributed by atoms with Crippen LogP contribution < -0.4 is 30.8 Å². The van der Waals surface area contributed by atoms with Gasteiger partial charge in [-0.3, -0.25) is 18.7 Å². The maximum absolute atomic E-state index is 12.7. The SMILES string of the molecule is Cl.Cn1cnc2ncn(Cc3nc(C4[C@H]5CN(c6ccc(OC(F)F)cc6)C[C@@H]45)no3)c(=O)c21.Cn1cnc2ncn(Cc3nc(C4[C@H]5CNC[C@@H]45)no3)c(=O)c21.FC(F)Oc1ccc(Br)cc1. The number of imidazole rings is 2. The Bertz CT molecular complexity index is 3140. The van der Waals surface area contributed by atoms with Crippen LogP contribution in [0.2, 0.25) is 0 Å². The molecule has 12 rings (SSSR count). The summed E-state index contributed by atoms with van der Waals surface area (Å²) >= 11 is 3.17. The number of fused-ring (bicyclic) bond motifs is 4. The lowest BCUT2D eigenvalue weighted by Gasteiger charge is -2.21. The Morgan fingerprint density at radius 1 is 0.662 bits per heavy atom. The van der Waals surface area contributed by atoms with E-state index in [-0.39, 0.29) is 54.0 Å². The number of hydrogen-bond acceptors (Lipinski definition) is 16. The third-order valence-electron chi connectivity index (χ3n) is 12.3. The summed E-state index contributed by atoms with van der Waals surface area (Å²) in [6, 6.07) is 12.9. The molecular formula is C42H40BrClF4N14O6. The van der Waals surface area contributed by atoms with E-state index < -0.39 is 13.2 Å². The first-order valence-corrected chi connectivity index (χ1v) is 21.8. The fraction of sp³-hybridized carbons (Fsp3) is 0.381. The highest BCUT2D eigenvalue weighted by Crippen LogP contribution is 2.58. The summed E-state index contributed by atoms with van der Waals surface area (Å²) in [6.45, 7) is -1.51. The molecule has 0 radical (unpaired) electrons. The molecule has 8 aromatic rings. The number of nitrogens with zero attached hydrogens (tertiary/aromatic N) is 13. The van der Waals surface area contributed by atoms with E-state index >= 15 is 0 Å². The molecular weight excluding hydrogens is 988 g/mol. The van der Waals surface area contributed by atoms with Crippen LogP contribution in [-0.2, 0) is 27.2 Å². The highest BCUT2D eigenvalue weighted by molar-refractivity contribution is 9.10. The molecule has 8 heterocycles. The molecule has 4 fully saturated rings. The van der Waals surface area contributed by atoms with Crippen LogP contribution in [0.3, 0.4) is 0 Å². The number of aromatic nitrogens is 12. The second kappa shape index (κ2) is 19.1. The second-order valence-corrected chi connectivity index (χ2v) is 17.4. The molecule has 0 bridgehead atoms. The molecule has 6 atom stereocenters. The molecule has 0 spiro atoms. The minimum absolute atomic E-state index is 0. The molecule has 2 unspecified atom stereocenters. The van der Waals surface area contributed by atoms with Crippen LogP contribution in [0.25, 0.3) is 22.3 Å². The zero-order valence-corrected chi connectivity index (χ0v) is 38.3. The highest BCUT2D eigenvalue weighted by atomic mass is 79.9. The average Bonchev–Trinajstić information content (AvgIpc) is 3.87. The van der Waals surface area contributed by atoms with Crippen LogP contribution in [0, 0.1) is 23.7 Å². The average molecular weight is 1030 g/mol. The Balaban J connectivity index is 0.000000143. The molecule has 2 aromatic carbocycles. The standard InChI is InChI=1S/C21H19F2N7O3.C14H15N7O2.C7H5BrF2O.ClH/c1-28-9-24-19-17(28)20(31)30(10-25-19)8-15-26-18(27-33-15)16-13-6-29(7-14(13)16)11-2-4-12(5-3-11)32-21(22)23;1-20-5-16-13-11(20)14(22)21(6-17-13)4-9-18-12(19-23-9)10-7-2-15-3-8(7)10;8-5-1-3-6(4-2-5)11-7(9)10;/h2-5,9-10,13-14,16,21H,6-8H2,1H3;5-8,10,15H,2-4H2,1H3;1-4,7H;1H/t13-,14+,16?;7-,8+,10?;;. The molecule has 2 saturated carbocycles. The zero-order chi connectivity index (χ0) is 46.5. The highest BCUT2D eigenvalue weighted by Gasteiger charge is 2.59. The molecule has 68 heavy (non-hydrogen) atoms. The van der Waals surface area contributed by atoms with Gasteiger partial charge in [0.25, 0.3) is 11.1 Å². The Morgan fingerprint density at radius 3 is 1.54 bits per heavy atom.